The summed E-state index contributed by atoms with van der Waals surface area (Å²) in [6, 6.07) is 5.95. The third-order valence-electron chi connectivity index (χ3n) is 2.58. The lowest BCUT2D eigenvalue weighted by Gasteiger charge is -2.13. The second kappa shape index (κ2) is 8.76. The van der Waals surface area contributed by atoms with Crippen LogP contribution in [0.1, 0.15) is 13.3 Å². The fourth-order valence-electron chi connectivity index (χ4n) is 1.52. The van der Waals surface area contributed by atoms with E-state index in [0.29, 0.717) is 35.3 Å². The summed E-state index contributed by atoms with van der Waals surface area (Å²) in [4.78, 5) is 12.0. The maximum Gasteiger partial charge on any atom is 0.319 e. The van der Waals surface area contributed by atoms with Gasteiger partial charge in [0.05, 0.1) is 5.69 Å². The van der Waals surface area contributed by atoms with Crippen molar-refractivity contribution in [2.24, 2.45) is 5.92 Å². The average molecular weight is 304 g/mol. The summed E-state index contributed by atoms with van der Waals surface area (Å²) in [5.74, 6) is -2.39. The van der Waals surface area contributed by atoms with E-state index in [0.717, 1.165) is 0 Å². The van der Waals surface area contributed by atoms with Gasteiger partial charge in [-0.1, -0.05) is 30.8 Å². The quantitative estimate of drug-likeness (QED) is 0.678. The molecule has 0 saturated heterocycles. The number of thioether (sulfide) groups is 1. The summed E-state index contributed by atoms with van der Waals surface area (Å²) in [5, 5.41) is 13.9. The summed E-state index contributed by atoms with van der Waals surface area (Å²) in [6.07, 6.45) is 0.595. The summed E-state index contributed by atoms with van der Waals surface area (Å²) in [6.45, 7) is 2.38. The number of carbonyl (C=O) groups is 1. The van der Waals surface area contributed by atoms with Crippen molar-refractivity contribution in [1.82, 2.24) is 5.32 Å². The molecule has 0 aliphatic heterocycles. The van der Waals surface area contributed by atoms with Crippen LogP contribution < -0.4 is 10.6 Å². The second-order valence-electron chi connectivity index (χ2n) is 4.33. The van der Waals surface area contributed by atoms with Crippen molar-refractivity contribution in [3.05, 3.63) is 24.3 Å². The van der Waals surface area contributed by atoms with E-state index in [1.165, 1.54) is 6.07 Å². The van der Waals surface area contributed by atoms with Crippen molar-refractivity contribution in [3.8, 4) is 0 Å². The van der Waals surface area contributed by atoms with E-state index in [9.17, 15) is 13.6 Å². The van der Waals surface area contributed by atoms with Crippen LogP contribution in [-0.2, 0) is 0 Å². The molecule has 0 fully saturated rings. The van der Waals surface area contributed by atoms with Gasteiger partial charge in [-0.15, -0.1) is 0 Å². The number of amides is 2. The highest BCUT2D eigenvalue weighted by Gasteiger charge is 2.12. The molecule has 7 heteroatoms. The Labute approximate surface area is 120 Å². The predicted octanol–water partition coefficient (Wildman–Crippen LogP) is 3.14. The van der Waals surface area contributed by atoms with Gasteiger partial charge in [-0.25, -0.2) is 4.79 Å². The molecule has 1 aromatic rings. The highest BCUT2D eigenvalue weighted by atomic mass is 32.2. The van der Waals surface area contributed by atoms with E-state index >= 15 is 0 Å². The van der Waals surface area contributed by atoms with Gasteiger partial charge in [-0.05, 0) is 24.5 Å². The van der Waals surface area contributed by atoms with Crippen molar-refractivity contribution in [1.29, 1.82) is 0 Å². The third kappa shape index (κ3) is 6.21. The van der Waals surface area contributed by atoms with Crippen LogP contribution in [0.15, 0.2) is 29.2 Å². The fourth-order valence-corrected chi connectivity index (χ4v) is 2.12. The van der Waals surface area contributed by atoms with Gasteiger partial charge in [0.25, 0.3) is 5.76 Å². The average Bonchev–Trinajstić information content (AvgIpc) is 2.38. The smallest absolute Gasteiger partial charge is 0.319 e. The minimum absolute atomic E-state index is 0.0678. The number of halogens is 2. The fraction of sp³-hybridized carbons (Fsp3) is 0.462. The van der Waals surface area contributed by atoms with Gasteiger partial charge in [0.1, 0.15) is 0 Å². The third-order valence-corrected chi connectivity index (χ3v) is 3.37. The number of nitrogens with one attached hydrogen (secondary N) is 2. The molecule has 1 atom stereocenters. The number of alkyl halides is 2. The van der Waals surface area contributed by atoms with Crippen LogP contribution >= 0.6 is 11.8 Å². The van der Waals surface area contributed by atoms with Crippen LogP contribution in [0.4, 0.5) is 19.3 Å². The number of urea groups is 1. The Morgan fingerprint density at radius 2 is 2.10 bits per heavy atom. The molecule has 0 heterocycles. The molecule has 1 aromatic carbocycles. The molecule has 0 aliphatic carbocycles. The molecule has 0 aromatic heterocycles. The molecule has 0 aliphatic rings. The molecular weight excluding hydrogens is 286 g/mol. The number of hydrogen-bond donors (Lipinski definition) is 3. The zero-order valence-electron chi connectivity index (χ0n) is 11.1. The first kappa shape index (κ1) is 16.7. The zero-order chi connectivity index (χ0) is 15.0. The SMILES string of the molecule is CC(CCO)CNC(=O)Nc1ccccc1SC(F)F. The van der Waals surface area contributed by atoms with Gasteiger partial charge in [-0.2, -0.15) is 8.78 Å². The van der Waals surface area contributed by atoms with Crippen LogP contribution in [0, 0.1) is 5.92 Å². The molecule has 0 bridgehead atoms. The van der Waals surface area contributed by atoms with E-state index in [2.05, 4.69) is 10.6 Å². The number of para-hydroxylation sites is 1. The number of anilines is 1. The lowest BCUT2D eigenvalue weighted by Crippen LogP contribution is -2.32. The molecule has 20 heavy (non-hydrogen) atoms. The number of benzene rings is 1. The Morgan fingerprint density at radius 1 is 1.40 bits per heavy atom. The van der Waals surface area contributed by atoms with Gasteiger partial charge in [0.15, 0.2) is 0 Å². The summed E-state index contributed by atoms with van der Waals surface area (Å²) in [7, 11) is 0. The zero-order valence-corrected chi connectivity index (χ0v) is 11.9. The summed E-state index contributed by atoms with van der Waals surface area (Å²) < 4.78 is 24.8. The van der Waals surface area contributed by atoms with Crippen LogP contribution in [-0.4, -0.2) is 30.0 Å². The van der Waals surface area contributed by atoms with Crippen molar-refractivity contribution < 1.29 is 18.7 Å². The lowest BCUT2D eigenvalue weighted by molar-refractivity contribution is 0.243. The van der Waals surface area contributed by atoms with E-state index in [-0.39, 0.29) is 12.5 Å². The lowest BCUT2D eigenvalue weighted by atomic mass is 10.1. The van der Waals surface area contributed by atoms with Gasteiger partial charge >= 0.3 is 6.03 Å². The molecule has 1 rings (SSSR count). The Bertz CT molecular complexity index is 433. The first-order chi connectivity index (χ1) is 9.52. The van der Waals surface area contributed by atoms with Crippen molar-refractivity contribution >= 4 is 23.5 Å². The van der Waals surface area contributed by atoms with Crippen molar-refractivity contribution in [2.75, 3.05) is 18.5 Å². The Morgan fingerprint density at radius 3 is 2.75 bits per heavy atom. The normalized spacial score (nSPS) is 12.2. The maximum absolute atomic E-state index is 12.4. The number of aliphatic hydroxyl groups excluding tert-OH is 1. The molecule has 0 saturated carbocycles. The summed E-state index contributed by atoms with van der Waals surface area (Å²) in [5.41, 5.74) is 0.352. The van der Waals surface area contributed by atoms with Gasteiger partial charge in [0, 0.05) is 18.0 Å². The predicted molar refractivity (Wildman–Crippen MR) is 76.2 cm³/mol. The molecule has 4 nitrogen and oxygen atoms in total. The van der Waals surface area contributed by atoms with Crippen LogP contribution in [0.3, 0.4) is 0 Å². The van der Waals surface area contributed by atoms with Gasteiger partial charge < -0.3 is 15.7 Å². The molecular formula is C13H18F2N2O2S. The van der Waals surface area contributed by atoms with Gasteiger partial charge in [-0.3, -0.25) is 0 Å². The van der Waals surface area contributed by atoms with E-state index < -0.39 is 11.8 Å². The van der Waals surface area contributed by atoms with Crippen molar-refractivity contribution in [3.63, 3.8) is 0 Å². The Hall–Kier alpha value is -1.34. The minimum Gasteiger partial charge on any atom is -0.396 e. The highest BCUT2D eigenvalue weighted by molar-refractivity contribution is 7.99. The van der Waals surface area contributed by atoms with E-state index in [4.69, 9.17) is 5.11 Å². The standard InChI is InChI=1S/C13H18F2N2O2S/c1-9(6-7-18)8-16-13(19)17-10-4-2-3-5-11(10)20-12(14)15/h2-5,9,12,18H,6-8H2,1H3,(H2,16,17,19). The molecule has 1 unspecified atom stereocenters. The van der Waals surface area contributed by atoms with Gasteiger partial charge in [0.2, 0.25) is 0 Å². The maximum atomic E-state index is 12.4. The molecule has 0 spiro atoms. The van der Waals surface area contributed by atoms with Crippen LogP contribution in [0.2, 0.25) is 0 Å². The molecule has 2 amide bonds. The number of rotatable bonds is 7. The van der Waals surface area contributed by atoms with Crippen LogP contribution in [0.25, 0.3) is 0 Å². The highest BCUT2D eigenvalue weighted by Crippen LogP contribution is 2.31. The second-order valence-corrected chi connectivity index (χ2v) is 5.36. The monoisotopic (exact) mass is 304 g/mol. The number of carbonyl (C=O) groups excluding carboxylic acids is 1. The van der Waals surface area contributed by atoms with Crippen molar-refractivity contribution in [2.45, 2.75) is 24.0 Å². The topological polar surface area (TPSA) is 61.4 Å². The first-order valence-electron chi connectivity index (χ1n) is 6.22. The number of hydrogen-bond acceptors (Lipinski definition) is 3. The van der Waals surface area contributed by atoms with E-state index in [1.54, 1.807) is 18.2 Å². The van der Waals surface area contributed by atoms with Crippen LogP contribution in [0.5, 0.6) is 0 Å². The van der Waals surface area contributed by atoms with E-state index in [1.807, 2.05) is 6.92 Å². The molecule has 0 radical (unpaired) electrons. The summed E-state index contributed by atoms with van der Waals surface area (Å²) >= 11 is 0.391. The largest absolute Gasteiger partial charge is 0.396 e. The molecule has 3 N–H and O–H groups in total. The molecule has 112 valence electrons. The Balaban J connectivity index is 2.53. The number of aliphatic hydroxyl groups is 1. The minimum atomic E-state index is -2.54. The Kier molecular flexibility index (Phi) is 7.32. The first-order valence-corrected chi connectivity index (χ1v) is 7.10.